The summed E-state index contributed by atoms with van der Waals surface area (Å²) in [5.74, 6) is 0.225. The molecule has 2 aromatic rings. The first-order valence-corrected chi connectivity index (χ1v) is 9.00. The van der Waals surface area contributed by atoms with Gasteiger partial charge in [-0.1, -0.05) is 44.2 Å². The highest BCUT2D eigenvalue weighted by molar-refractivity contribution is 5.93. The maximum absolute atomic E-state index is 12.6. The Morgan fingerprint density at radius 3 is 2.71 bits per heavy atom. The predicted molar refractivity (Wildman–Crippen MR) is 95.4 cm³/mol. The maximum atomic E-state index is 12.6. The summed E-state index contributed by atoms with van der Waals surface area (Å²) >= 11 is 0. The van der Waals surface area contributed by atoms with Crippen LogP contribution in [0.2, 0.25) is 0 Å². The molecule has 1 aromatic carbocycles. The molecule has 4 heteroatoms. The summed E-state index contributed by atoms with van der Waals surface area (Å²) < 4.78 is 7.11. The molecule has 3 rings (SSSR count). The van der Waals surface area contributed by atoms with E-state index in [1.807, 2.05) is 18.2 Å². The molecular formula is C20H25NO3. The molecule has 0 unspecified atom stereocenters. The SMILES string of the molecule is CCOC(=O)c1cn(CCC2CCCCC2)c2ccccc2c1=O. The third kappa shape index (κ3) is 3.53. The molecule has 0 aliphatic heterocycles. The van der Waals surface area contributed by atoms with Crippen LogP contribution < -0.4 is 5.43 Å². The lowest BCUT2D eigenvalue weighted by atomic mass is 9.87. The van der Waals surface area contributed by atoms with E-state index < -0.39 is 5.97 Å². The second-order valence-electron chi connectivity index (χ2n) is 6.60. The van der Waals surface area contributed by atoms with Crippen LogP contribution >= 0.6 is 0 Å². The Labute approximate surface area is 142 Å². The molecule has 0 bridgehead atoms. The van der Waals surface area contributed by atoms with Gasteiger partial charge in [-0.15, -0.1) is 0 Å². The monoisotopic (exact) mass is 327 g/mol. The molecule has 1 aliphatic rings. The molecule has 0 N–H and O–H groups in total. The summed E-state index contributed by atoms with van der Waals surface area (Å²) in [6.45, 7) is 2.85. The molecule has 4 nitrogen and oxygen atoms in total. The lowest BCUT2D eigenvalue weighted by molar-refractivity contribution is 0.0524. The summed E-state index contributed by atoms with van der Waals surface area (Å²) in [5.41, 5.74) is 0.795. The molecule has 128 valence electrons. The Balaban J connectivity index is 1.94. The number of carbonyl (C=O) groups excluding carboxylic acids is 1. The highest BCUT2D eigenvalue weighted by Gasteiger charge is 2.18. The first-order valence-electron chi connectivity index (χ1n) is 9.00. The number of pyridine rings is 1. The normalized spacial score (nSPS) is 15.5. The highest BCUT2D eigenvalue weighted by Crippen LogP contribution is 2.27. The van der Waals surface area contributed by atoms with Gasteiger partial charge >= 0.3 is 5.97 Å². The average Bonchev–Trinajstić information content (AvgIpc) is 2.62. The zero-order valence-electron chi connectivity index (χ0n) is 14.3. The van der Waals surface area contributed by atoms with Gasteiger partial charge in [0.2, 0.25) is 5.43 Å². The fraction of sp³-hybridized carbons (Fsp3) is 0.500. The van der Waals surface area contributed by atoms with Gasteiger partial charge in [0.25, 0.3) is 0 Å². The summed E-state index contributed by atoms with van der Waals surface area (Å²) in [6.07, 6.45) is 9.37. The van der Waals surface area contributed by atoms with E-state index in [0.717, 1.165) is 24.4 Å². The fourth-order valence-electron chi connectivity index (χ4n) is 3.68. The first kappa shape index (κ1) is 16.7. The van der Waals surface area contributed by atoms with E-state index >= 15 is 0 Å². The third-order valence-electron chi connectivity index (χ3n) is 4.99. The minimum Gasteiger partial charge on any atom is -0.462 e. The molecule has 1 aromatic heterocycles. The van der Waals surface area contributed by atoms with Gasteiger partial charge in [-0.3, -0.25) is 4.79 Å². The largest absolute Gasteiger partial charge is 0.462 e. The van der Waals surface area contributed by atoms with Crippen LogP contribution in [0, 0.1) is 5.92 Å². The third-order valence-corrected chi connectivity index (χ3v) is 4.99. The second kappa shape index (κ2) is 7.65. The van der Waals surface area contributed by atoms with Crippen molar-refractivity contribution in [1.29, 1.82) is 0 Å². The lowest BCUT2D eigenvalue weighted by Gasteiger charge is -2.22. The van der Waals surface area contributed by atoms with E-state index in [1.54, 1.807) is 19.2 Å². The van der Waals surface area contributed by atoms with Gasteiger partial charge in [-0.05, 0) is 31.4 Å². The molecule has 1 saturated carbocycles. The number of rotatable bonds is 5. The Kier molecular flexibility index (Phi) is 5.34. The molecular weight excluding hydrogens is 302 g/mol. The predicted octanol–water partition coefficient (Wildman–Crippen LogP) is 4.15. The lowest BCUT2D eigenvalue weighted by Crippen LogP contribution is -2.21. The van der Waals surface area contributed by atoms with Crippen molar-refractivity contribution in [2.24, 2.45) is 5.92 Å². The molecule has 1 aliphatic carbocycles. The van der Waals surface area contributed by atoms with Gasteiger partial charge < -0.3 is 9.30 Å². The molecule has 1 heterocycles. The summed E-state index contributed by atoms with van der Waals surface area (Å²) in [7, 11) is 0. The average molecular weight is 327 g/mol. The van der Waals surface area contributed by atoms with Gasteiger partial charge in [-0.2, -0.15) is 0 Å². The summed E-state index contributed by atoms with van der Waals surface area (Å²) in [5, 5.41) is 0.590. The summed E-state index contributed by atoms with van der Waals surface area (Å²) in [4.78, 5) is 24.7. The standard InChI is InChI=1S/C20H25NO3/c1-2-24-20(23)17-14-21(13-12-15-8-4-3-5-9-15)18-11-7-6-10-16(18)19(17)22/h6-7,10-11,14-15H,2-5,8-9,12-13H2,1H3. The highest BCUT2D eigenvalue weighted by atomic mass is 16.5. The number of fused-ring (bicyclic) bond motifs is 1. The molecule has 24 heavy (non-hydrogen) atoms. The van der Waals surface area contributed by atoms with Crippen LogP contribution in [0.15, 0.2) is 35.3 Å². The van der Waals surface area contributed by atoms with E-state index in [9.17, 15) is 9.59 Å². The number of esters is 1. The molecule has 0 amide bonds. The first-order chi connectivity index (χ1) is 11.7. The van der Waals surface area contributed by atoms with Crippen molar-refractivity contribution >= 4 is 16.9 Å². The number of para-hydroxylation sites is 1. The molecule has 0 saturated heterocycles. The van der Waals surface area contributed by atoms with Crippen molar-refractivity contribution < 1.29 is 9.53 Å². The molecule has 1 fully saturated rings. The minimum atomic E-state index is -0.528. The van der Waals surface area contributed by atoms with Crippen LogP contribution in [0.25, 0.3) is 10.9 Å². The van der Waals surface area contributed by atoms with E-state index in [0.29, 0.717) is 5.39 Å². The van der Waals surface area contributed by atoms with Gasteiger partial charge in [0.1, 0.15) is 5.56 Å². The van der Waals surface area contributed by atoms with E-state index in [-0.39, 0.29) is 17.6 Å². The number of nitrogens with zero attached hydrogens (tertiary/aromatic N) is 1. The minimum absolute atomic E-state index is 0.138. The number of hydrogen-bond acceptors (Lipinski definition) is 3. The fourth-order valence-corrected chi connectivity index (χ4v) is 3.68. The number of carbonyl (C=O) groups is 1. The second-order valence-corrected chi connectivity index (χ2v) is 6.60. The van der Waals surface area contributed by atoms with Crippen molar-refractivity contribution in [3.63, 3.8) is 0 Å². The van der Waals surface area contributed by atoms with Crippen molar-refractivity contribution in [3.8, 4) is 0 Å². The summed E-state index contributed by atoms with van der Waals surface area (Å²) in [6, 6.07) is 7.51. The van der Waals surface area contributed by atoms with E-state index in [2.05, 4.69) is 4.57 Å². The van der Waals surface area contributed by atoms with Crippen LogP contribution in [0.5, 0.6) is 0 Å². The Bertz CT molecular complexity index is 772. The Morgan fingerprint density at radius 1 is 1.21 bits per heavy atom. The number of hydrogen-bond donors (Lipinski definition) is 0. The van der Waals surface area contributed by atoms with Gasteiger partial charge in [0, 0.05) is 18.1 Å². The Hall–Kier alpha value is -2.10. The van der Waals surface area contributed by atoms with Crippen molar-refractivity contribution in [3.05, 3.63) is 46.2 Å². The Morgan fingerprint density at radius 2 is 1.96 bits per heavy atom. The van der Waals surface area contributed by atoms with Crippen LogP contribution in [0.3, 0.4) is 0 Å². The zero-order chi connectivity index (χ0) is 16.9. The van der Waals surface area contributed by atoms with E-state index in [1.165, 1.54) is 32.1 Å². The van der Waals surface area contributed by atoms with Crippen LogP contribution in [0.4, 0.5) is 0 Å². The van der Waals surface area contributed by atoms with Crippen molar-refractivity contribution in [1.82, 2.24) is 4.57 Å². The van der Waals surface area contributed by atoms with Gasteiger partial charge in [0.05, 0.1) is 12.1 Å². The zero-order valence-corrected chi connectivity index (χ0v) is 14.3. The van der Waals surface area contributed by atoms with Crippen LogP contribution in [-0.2, 0) is 11.3 Å². The maximum Gasteiger partial charge on any atom is 0.343 e. The van der Waals surface area contributed by atoms with Gasteiger partial charge in [-0.25, -0.2) is 4.79 Å². The van der Waals surface area contributed by atoms with Crippen LogP contribution in [-0.4, -0.2) is 17.1 Å². The quantitative estimate of drug-likeness (QED) is 0.775. The topological polar surface area (TPSA) is 48.3 Å². The number of aryl methyl sites for hydroxylation is 1. The number of ether oxygens (including phenoxy) is 1. The van der Waals surface area contributed by atoms with Crippen molar-refractivity contribution in [2.75, 3.05) is 6.61 Å². The molecule has 0 radical (unpaired) electrons. The number of aromatic nitrogens is 1. The molecule has 0 atom stereocenters. The van der Waals surface area contributed by atoms with Gasteiger partial charge in [0.15, 0.2) is 0 Å². The van der Waals surface area contributed by atoms with Crippen molar-refractivity contribution in [2.45, 2.75) is 52.0 Å². The smallest absolute Gasteiger partial charge is 0.343 e. The van der Waals surface area contributed by atoms with Crippen LogP contribution in [0.1, 0.15) is 55.8 Å². The molecule has 0 spiro atoms. The van der Waals surface area contributed by atoms with E-state index in [4.69, 9.17) is 4.74 Å². The number of benzene rings is 1.